The third-order valence-corrected chi connectivity index (χ3v) is 3.63. The molecule has 0 aliphatic heterocycles. The molecule has 5 heteroatoms. The van der Waals surface area contributed by atoms with Crippen molar-refractivity contribution >= 4 is 23.2 Å². The summed E-state index contributed by atoms with van der Waals surface area (Å²) < 4.78 is 0. The van der Waals surface area contributed by atoms with Crippen molar-refractivity contribution in [3.63, 3.8) is 0 Å². The summed E-state index contributed by atoms with van der Waals surface area (Å²) in [5.74, 6) is 0.907. The predicted octanol–water partition coefficient (Wildman–Crippen LogP) is 4.68. The number of nitrogens with zero attached hydrogens (tertiary/aromatic N) is 2. The topological polar surface area (TPSA) is 41.6 Å². The van der Waals surface area contributed by atoms with Gasteiger partial charge in [0, 0.05) is 40.1 Å². The quantitative estimate of drug-likeness (QED) is 0.762. The molecule has 0 aliphatic carbocycles. The zero-order valence-corrected chi connectivity index (χ0v) is 12.9. The van der Waals surface area contributed by atoms with Crippen molar-refractivity contribution in [3.05, 3.63) is 69.9 Å². The van der Waals surface area contributed by atoms with Gasteiger partial charge in [0.2, 0.25) is 0 Å². The minimum absolute atomic E-state index is 0.607. The number of H-pyrrole nitrogens is 1. The summed E-state index contributed by atoms with van der Waals surface area (Å²) >= 11 is 12.1. The number of hydrogen-bond acceptors (Lipinski definition) is 2. The molecule has 106 valence electrons. The van der Waals surface area contributed by atoms with Gasteiger partial charge in [-0.3, -0.25) is 4.98 Å². The van der Waals surface area contributed by atoms with Gasteiger partial charge in [-0.15, -0.1) is 0 Å². The Labute approximate surface area is 133 Å². The van der Waals surface area contributed by atoms with Gasteiger partial charge in [-0.2, -0.15) is 0 Å². The molecule has 0 spiro atoms. The number of rotatable bonds is 3. The van der Waals surface area contributed by atoms with Crippen LogP contribution >= 0.6 is 23.2 Å². The number of aromatic nitrogens is 3. The first-order valence-electron chi connectivity index (χ1n) is 6.52. The van der Waals surface area contributed by atoms with Crippen LogP contribution in [-0.4, -0.2) is 15.0 Å². The van der Waals surface area contributed by atoms with E-state index in [2.05, 4.69) is 15.0 Å². The Bertz CT molecular complexity index is 746. The number of benzene rings is 1. The highest BCUT2D eigenvalue weighted by molar-refractivity contribution is 6.35. The van der Waals surface area contributed by atoms with E-state index in [-0.39, 0.29) is 0 Å². The van der Waals surface area contributed by atoms with Crippen LogP contribution in [0.2, 0.25) is 10.0 Å². The lowest BCUT2D eigenvalue weighted by Crippen LogP contribution is -1.90. The van der Waals surface area contributed by atoms with E-state index in [4.69, 9.17) is 23.2 Å². The Hall–Kier alpha value is -1.84. The minimum atomic E-state index is 0.607. The highest BCUT2D eigenvalue weighted by Gasteiger charge is 2.11. The van der Waals surface area contributed by atoms with Crippen molar-refractivity contribution in [1.82, 2.24) is 15.0 Å². The van der Waals surface area contributed by atoms with Crippen LogP contribution in [0.4, 0.5) is 0 Å². The van der Waals surface area contributed by atoms with E-state index < -0.39 is 0 Å². The SMILES string of the molecule is Cc1[nH]c(Cc2ccncc2)nc1-c1cc(Cl)cc(Cl)c1. The summed E-state index contributed by atoms with van der Waals surface area (Å²) in [5.41, 5.74) is 3.96. The number of halogens is 2. The summed E-state index contributed by atoms with van der Waals surface area (Å²) in [5, 5.41) is 1.21. The van der Waals surface area contributed by atoms with Crippen LogP contribution in [0.25, 0.3) is 11.3 Å². The molecule has 3 nitrogen and oxygen atoms in total. The molecule has 1 N–H and O–H groups in total. The largest absolute Gasteiger partial charge is 0.345 e. The van der Waals surface area contributed by atoms with E-state index in [1.165, 1.54) is 0 Å². The van der Waals surface area contributed by atoms with Gasteiger partial charge in [0.25, 0.3) is 0 Å². The standard InChI is InChI=1S/C16H13Cl2N3/c1-10-16(12-7-13(17)9-14(18)8-12)21-15(20-10)6-11-2-4-19-5-3-11/h2-5,7-9H,6H2,1H3,(H,20,21). The molecule has 0 atom stereocenters. The second-order valence-electron chi connectivity index (χ2n) is 4.85. The molecule has 0 saturated carbocycles. The van der Waals surface area contributed by atoms with Crippen molar-refractivity contribution in [2.45, 2.75) is 13.3 Å². The van der Waals surface area contributed by atoms with E-state index in [0.29, 0.717) is 10.0 Å². The smallest absolute Gasteiger partial charge is 0.111 e. The van der Waals surface area contributed by atoms with Crippen LogP contribution in [-0.2, 0) is 6.42 Å². The second-order valence-corrected chi connectivity index (χ2v) is 5.72. The van der Waals surface area contributed by atoms with Crippen LogP contribution in [0.3, 0.4) is 0 Å². The zero-order valence-electron chi connectivity index (χ0n) is 11.4. The molecule has 3 aromatic rings. The first-order valence-corrected chi connectivity index (χ1v) is 7.28. The number of imidazole rings is 1. The van der Waals surface area contributed by atoms with Crippen molar-refractivity contribution in [2.75, 3.05) is 0 Å². The summed E-state index contributed by atoms with van der Waals surface area (Å²) in [6.07, 6.45) is 4.29. The molecule has 0 radical (unpaired) electrons. The molecular formula is C16H13Cl2N3. The van der Waals surface area contributed by atoms with E-state index in [1.807, 2.05) is 31.2 Å². The fraction of sp³-hybridized carbons (Fsp3) is 0.125. The van der Waals surface area contributed by atoms with Crippen LogP contribution in [0, 0.1) is 6.92 Å². The highest BCUT2D eigenvalue weighted by Crippen LogP contribution is 2.28. The molecule has 0 fully saturated rings. The Balaban J connectivity index is 1.94. The van der Waals surface area contributed by atoms with Crippen molar-refractivity contribution in [2.24, 2.45) is 0 Å². The van der Waals surface area contributed by atoms with E-state index in [0.717, 1.165) is 34.8 Å². The first-order chi connectivity index (χ1) is 10.1. The molecule has 0 amide bonds. The summed E-state index contributed by atoms with van der Waals surface area (Å²) in [4.78, 5) is 12.0. The second kappa shape index (κ2) is 5.88. The molecule has 0 aliphatic rings. The van der Waals surface area contributed by atoms with E-state index in [1.54, 1.807) is 18.5 Å². The molecular weight excluding hydrogens is 305 g/mol. The van der Waals surface area contributed by atoms with E-state index in [9.17, 15) is 0 Å². The molecule has 0 saturated heterocycles. The lowest BCUT2D eigenvalue weighted by molar-refractivity contribution is 1.01. The van der Waals surface area contributed by atoms with Gasteiger partial charge in [-0.25, -0.2) is 4.98 Å². The lowest BCUT2D eigenvalue weighted by atomic mass is 10.1. The number of aromatic amines is 1. The van der Waals surface area contributed by atoms with Gasteiger partial charge in [-0.1, -0.05) is 23.2 Å². The molecule has 2 aromatic heterocycles. The highest BCUT2D eigenvalue weighted by atomic mass is 35.5. The Morgan fingerprint density at radius 1 is 1.05 bits per heavy atom. The van der Waals surface area contributed by atoms with Crippen LogP contribution < -0.4 is 0 Å². The molecule has 3 rings (SSSR count). The number of aryl methyl sites for hydroxylation is 1. The third kappa shape index (κ3) is 3.26. The van der Waals surface area contributed by atoms with Crippen LogP contribution in [0.15, 0.2) is 42.7 Å². The number of hydrogen-bond donors (Lipinski definition) is 1. The average Bonchev–Trinajstić information content (AvgIpc) is 2.79. The van der Waals surface area contributed by atoms with Gasteiger partial charge >= 0.3 is 0 Å². The first kappa shape index (κ1) is 14.1. The molecule has 0 bridgehead atoms. The molecule has 2 heterocycles. The van der Waals surface area contributed by atoms with Crippen molar-refractivity contribution < 1.29 is 0 Å². The van der Waals surface area contributed by atoms with Crippen LogP contribution in [0.5, 0.6) is 0 Å². The third-order valence-electron chi connectivity index (χ3n) is 3.19. The van der Waals surface area contributed by atoms with Gasteiger partial charge < -0.3 is 4.98 Å². The maximum Gasteiger partial charge on any atom is 0.111 e. The van der Waals surface area contributed by atoms with E-state index >= 15 is 0 Å². The molecule has 21 heavy (non-hydrogen) atoms. The Morgan fingerprint density at radius 2 is 1.71 bits per heavy atom. The average molecular weight is 318 g/mol. The normalized spacial score (nSPS) is 10.8. The van der Waals surface area contributed by atoms with Crippen LogP contribution in [0.1, 0.15) is 17.1 Å². The zero-order chi connectivity index (χ0) is 14.8. The summed E-state index contributed by atoms with van der Waals surface area (Å²) in [6, 6.07) is 9.41. The fourth-order valence-corrected chi connectivity index (χ4v) is 2.80. The molecule has 1 aromatic carbocycles. The van der Waals surface area contributed by atoms with Crippen molar-refractivity contribution in [1.29, 1.82) is 0 Å². The van der Waals surface area contributed by atoms with Gasteiger partial charge in [0.1, 0.15) is 5.82 Å². The number of pyridine rings is 1. The minimum Gasteiger partial charge on any atom is -0.345 e. The molecule has 0 unspecified atom stereocenters. The lowest BCUT2D eigenvalue weighted by Gasteiger charge is -2.01. The number of nitrogens with one attached hydrogen (secondary N) is 1. The van der Waals surface area contributed by atoms with Gasteiger partial charge in [0.05, 0.1) is 5.69 Å². The maximum absolute atomic E-state index is 6.06. The van der Waals surface area contributed by atoms with Gasteiger partial charge in [-0.05, 0) is 42.8 Å². The fourth-order valence-electron chi connectivity index (χ4n) is 2.27. The Kier molecular flexibility index (Phi) is 3.95. The Morgan fingerprint density at radius 3 is 2.38 bits per heavy atom. The monoisotopic (exact) mass is 317 g/mol. The predicted molar refractivity (Wildman–Crippen MR) is 85.8 cm³/mol. The summed E-state index contributed by atoms with van der Waals surface area (Å²) in [7, 11) is 0. The van der Waals surface area contributed by atoms with Gasteiger partial charge in [0.15, 0.2) is 0 Å². The maximum atomic E-state index is 6.06. The summed E-state index contributed by atoms with van der Waals surface area (Å²) in [6.45, 7) is 1.99. The van der Waals surface area contributed by atoms with Crippen molar-refractivity contribution in [3.8, 4) is 11.3 Å².